The van der Waals surface area contributed by atoms with E-state index in [-0.39, 0.29) is 23.6 Å². The number of benzene rings is 1. The van der Waals surface area contributed by atoms with Crippen LogP contribution in [0.1, 0.15) is 79.3 Å². The number of hydrogen-bond acceptors (Lipinski definition) is 3. The van der Waals surface area contributed by atoms with Crippen molar-refractivity contribution in [3.63, 3.8) is 0 Å². The van der Waals surface area contributed by atoms with Crippen LogP contribution in [0.15, 0.2) is 29.1 Å². The van der Waals surface area contributed by atoms with E-state index in [1.807, 2.05) is 0 Å². The molecule has 0 radical (unpaired) electrons. The van der Waals surface area contributed by atoms with E-state index < -0.39 is 40.2 Å². The fraction of sp³-hybridized carbons (Fsp3) is 0.476. The van der Waals surface area contributed by atoms with E-state index in [1.54, 1.807) is 20.8 Å². The van der Waals surface area contributed by atoms with Gasteiger partial charge in [0.25, 0.3) is 5.56 Å². The lowest BCUT2D eigenvalue weighted by Crippen LogP contribution is -2.24. The Morgan fingerprint density at radius 3 is 2.38 bits per heavy atom. The highest BCUT2D eigenvalue weighted by Gasteiger charge is 2.35. The molecule has 1 aromatic carbocycles. The van der Waals surface area contributed by atoms with Gasteiger partial charge in [0, 0.05) is 18.4 Å². The van der Waals surface area contributed by atoms with Crippen LogP contribution in [0.2, 0.25) is 0 Å². The molecule has 156 valence electrons. The third-order valence-corrected chi connectivity index (χ3v) is 5.15. The summed E-state index contributed by atoms with van der Waals surface area (Å²) in [7, 11) is 0. The second-order valence-electron chi connectivity index (χ2n) is 8.57. The number of alkyl halides is 3. The molecule has 29 heavy (non-hydrogen) atoms. The SMILES string of the molecule is CC(C)(C)[C@@H](CC(=O)c1cc(=O)[nH]c(C2CC2)n1)c1ccc(C(F)(F)F)cc1F. The predicted octanol–water partition coefficient (Wildman–Crippen LogP) is 5.21. The van der Waals surface area contributed by atoms with Gasteiger partial charge in [0.2, 0.25) is 0 Å². The van der Waals surface area contributed by atoms with Crippen molar-refractivity contribution < 1.29 is 22.4 Å². The standard InChI is InChI=1S/C21H22F4N2O2/c1-20(2,3)14(13-7-6-12(8-15(13)22)21(23,24)25)9-17(28)16-10-18(29)27-19(26-16)11-4-5-11/h6-8,10-11,14H,4-5,9H2,1-3H3,(H,26,27,29)/t14-/m0/s1. The van der Waals surface area contributed by atoms with Crippen LogP contribution in [-0.2, 0) is 6.18 Å². The van der Waals surface area contributed by atoms with Crippen molar-refractivity contribution in [2.24, 2.45) is 5.41 Å². The number of aromatic nitrogens is 2. The highest BCUT2D eigenvalue weighted by Crippen LogP contribution is 2.41. The number of ketones is 1. The Kier molecular flexibility index (Phi) is 5.40. The Bertz CT molecular complexity index is 985. The van der Waals surface area contributed by atoms with Gasteiger partial charge in [0.1, 0.15) is 17.3 Å². The molecule has 1 N–H and O–H groups in total. The van der Waals surface area contributed by atoms with E-state index >= 15 is 0 Å². The van der Waals surface area contributed by atoms with Crippen molar-refractivity contribution in [1.82, 2.24) is 9.97 Å². The Hall–Kier alpha value is -2.51. The molecule has 0 bridgehead atoms. The number of carbonyl (C=O) groups excluding carboxylic acids is 1. The van der Waals surface area contributed by atoms with Crippen LogP contribution in [-0.4, -0.2) is 15.8 Å². The summed E-state index contributed by atoms with van der Waals surface area (Å²) in [5.74, 6) is -1.54. The van der Waals surface area contributed by atoms with Gasteiger partial charge in [-0.3, -0.25) is 9.59 Å². The van der Waals surface area contributed by atoms with Crippen molar-refractivity contribution in [1.29, 1.82) is 0 Å². The molecule has 0 unspecified atom stereocenters. The zero-order chi connectivity index (χ0) is 21.6. The van der Waals surface area contributed by atoms with Gasteiger partial charge < -0.3 is 4.98 Å². The Morgan fingerprint density at radius 1 is 1.21 bits per heavy atom. The number of rotatable bonds is 5. The number of carbonyl (C=O) groups is 1. The average Bonchev–Trinajstić information content (AvgIpc) is 3.42. The van der Waals surface area contributed by atoms with E-state index in [4.69, 9.17) is 0 Å². The third-order valence-electron chi connectivity index (χ3n) is 5.15. The van der Waals surface area contributed by atoms with Crippen LogP contribution < -0.4 is 5.56 Å². The molecule has 3 rings (SSSR count). The first-order valence-corrected chi connectivity index (χ1v) is 9.37. The van der Waals surface area contributed by atoms with Crippen LogP contribution in [0.3, 0.4) is 0 Å². The topological polar surface area (TPSA) is 62.8 Å². The first-order chi connectivity index (χ1) is 13.4. The quantitative estimate of drug-likeness (QED) is 0.544. The fourth-order valence-electron chi connectivity index (χ4n) is 3.33. The minimum Gasteiger partial charge on any atom is -0.310 e. The van der Waals surface area contributed by atoms with Gasteiger partial charge in [-0.2, -0.15) is 13.2 Å². The normalized spacial score (nSPS) is 16.0. The summed E-state index contributed by atoms with van der Waals surface area (Å²) in [4.78, 5) is 31.6. The number of Topliss-reactive ketones (excluding diaryl/α,β-unsaturated/α-hetero) is 1. The average molecular weight is 410 g/mol. The van der Waals surface area contributed by atoms with E-state index in [2.05, 4.69) is 9.97 Å². The van der Waals surface area contributed by atoms with Crippen molar-refractivity contribution in [2.45, 2.75) is 58.0 Å². The first-order valence-electron chi connectivity index (χ1n) is 9.37. The highest BCUT2D eigenvalue weighted by molar-refractivity contribution is 5.94. The third kappa shape index (κ3) is 4.92. The van der Waals surface area contributed by atoms with Crippen LogP contribution in [0.4, 0.5) is 17.6 Å². The molecule has 1 aliphatic rings. The lowest BCUT2D eigenvalue weighted by Gasteiger charge is -2.31. The van der Waals surface area contributed by atoms with Crippen LogP contribution >= 0.6 is 0 Å². The largest absolute Gasteiger partial charge is 0.416 e. The summed E-state index contributed by atoms with van der Waals surface area (Å²) in [6.45, 7) is 5.34. The van der Waals surface area contributed by atoms with Crippen LogP contribution in [0, 0.1) is 11.2 Å². The van der Waals surface area contributed by atoms with Crippen molar-refractivity contribution in [3.8, 4) is 0 Å². The molecule has 0 amide bonds. The second kappa shape index (κ2) is 7.39. The van der Waals surface area contributed by atoms with Crippen molar-refractivity contribution >= 4 is 5.78 Å². The minimum atomic E-state index is -4.65. The molecule has 0 saturated heterocycles. The van der Waals surface area contributed by atoms with Gasteiger partial charge in [0.15, 0.2) is 5.78 Å². The smallest absolute Gasteiger partial charge is 0.310 e. The lowest BCUT2D eigenvalue weighted by molar-refractivity contribution is -0.137. The van der Waals surface area contributed by atoms with Crippen molar-refractivity contribution in [2.75, 3.05) is 0 Å². The predicted molar refractivity (Wildman–Crippen MR) is 99.4 cm³/mol. The maximum absolute atomic E-state index is 14.6. The molecule has 4 nitrogen and oxygen atoms in total. The van der Waals surface area contributed by atoms with E-state index in [0.717, 1.165) is 31.0 Å². The molecular weight excluding hydrogens is 388 g/mol. The Balaban J connectivity index is 1.93. The van der Waals surface area contributed by atoms with Gasteiger partial charge in [0.05, 0.1) is 5.56 Å². The minimum absolute atomic E-state index is 0.00257. The maximum atomic E-state index is 14.6. The molecule has 1 heterocycles. The van der Waals surface area contributed by atoms with E-state index in [9.17, 15) is 27.2 Å². The summed E-state index contributed by atoms with van der Waals surface area (Å²) in [6.07, 6.45) is -3.04. The summed E-state index contributed by atoms with van der Waals surface area (Å²) < 4.78 is 53.1. The molecule has 8 heteroatoms. The van der Waals surface area contributed by atoms with Gasteiger partial charge in [-0.25, -0.2) is 9.37 Å². The molecule has 2 aromatic rings. The number of nitrogens with zero attached hydrogens (tertiary/aromatic N) is 1. The number of halogens is 4. The zero-order valence-corrected chi connectivity index (χ0v) is 16.4. The van der Waals surface area contributed by atoms with Crippen LogP contribution in [0.5, 0.6) is 0 Å². The molecule has 1 saturated carbocycles. The monoisotopic (exact) mass is 410 g/mol. The number of H-pyrrole nitrogens is 1. The molecule has 1 fully saturated rings. The number of nitrogens with one attached hydrogen (secondary N) is 1. The van der Waals surface area contributed by atoms with Gasteiger partial charge in [-0.15, -0.1) is 0 Å². The molecule has 0 spiro atoms. The maximum Gasteiger partial charge on any atom is 0.416 e. The molecular formula is C21H22F4N2O2. The van der Waals surface area contributed by atoms with Gasteiger partial charge in [-0.05, 0) is 41.9 Å². The number of aromatic amines is 1. The molecule has 1 atom stereocenters. The molecule has 0 aliphatic heterocycles. The zero-order valence-electron chi connectivity index (χ0n) is 16.4. The van der Waals surface area contributed by atoms with Crippen molar-refractivity contribution in [3.05, 3.63) is 63.1 Å². The lowest BCUT2D eigenvalue weighted by atomic mass is 9.73. The van der Waals surface area contributed by atoms with E-state index in [1.165, 1.54) is 0 Å². The summed E-state index contributed by atoms with van der Waals surface area (Å²) >= 11 is 0. The highest BCUT2D eigenvalue weighted by atomic mass is 19.4. The molecule has 1 aromatic heterocycles. The Labute approximate surface area is 165 Å². The first kappa shape index (κ1) is 21.2. The molecule has 1 aliphatic carbocycles. The second-order valence-corrected chi connectivity index (χ2v) is 8.57. The number of hydrogen-bond donors (Lipinski definition) is 1. The summed E-state index contributed by atoms with van der Waals surface area (Å²) in [5, 5.41) is 0. The summed E-state index contributed by atoms with van der Waals surface area (Å²) in [5.41, 5.74) is -2.10. The van der Waals surface area contributed by atoms with Crippen LogP contribution in [0.25, 0.3) is 0 Å². The Morgan fingerprint density at radius 2 is 1.86 bits per heavy atom. The van der Waals surface area contributed by atoms with Gasteiger partial charge >= 0.3 is 6.18 Å². The van der Waals surface area contributed by atoms with E-state index in [0.29, 0.717) is 11.9 Å². The summed E-state index contributed by atoms with van der Waals surface area (Å²) in [6, 6.07) is 3.47. The van der Waals surface area contributed by atoms with Gasteiger partial charge in [-0.1, -0.05) is 26.8 Å². The fourth-order valence-corrected chi connectivity index (χ4v) is 3.33.